The molecule has 1 N–H and O–H groups in total. The molecular formula is C12H17BrN6. The Kier molecular flexibility index (Phi) is 4.14. The molecule has 2 heterocycles. The summed E-state index contributed by atoms with van der Waals surface area (Å²) in [6, 6.07) is 1.88. The van der Waals surface area contributed by atoms with Crippen molar-refractivity contribution in [2.75, 3.05) is 5.32 Å². The number of rotatable bonds is 4. The summed E-state index contributed by atoms with van der Waals surface area (Å²) in [4.78, 5) is 8.86. The Balaban J connectivity index is 2.21. The van der Waals surface area contributed by atoms with E-state index in [0.29, 0.717) is 0 Å². The molecule has 1 atom stereocenters. The summed E-state index contributed by atoms with van der Waals surface area (Å²) in [5, 5.41) is 11.3. The first-order valence-electron chi connectivity index (χ1n) is 6.12. The van der Waals surface area contributed by atoms with Gasteiger partial charge in [-0.2, -0.15) is 0 Å². The maximum absolute atomic E-state index is 4.50. The van der Waals surface area contributed by atoms with Crippen LogP contribution in [0.15, 0.2) is 17.0 Å². The van der Waals surface area contributed by atoms with Crippen molar-refractivity contribution in [3.05, 3.63) is 28.6 Å². The molecule has 0 fully saturated rings. The van der Waals surface area contributed by atoms with Crippen LogP contribution >= 0.6 is 15.9 Å². The van der Waals surface area contributed by atoms with E-state index in [1.165, 1.54) is 0 Å². The highest BCUT2D eigenvalue weighted by Gasteiger charge is 2.13. The molecule has 102 valence electrons. The second-order valence-corrected chi connectivity index (χ2v) is 5.57. The van der Waals surface area contributed by atoms with Crippen molar-refractivity contribution in [2.24, 2.45) is 7.05 Å². The number of anilines is 1. The minimum atomic E-state index is 0.0225. The van der Waals surface area contributed by atoms with Crippen LogP contribution in [0, 0.1) is 0 Å². The van der Waals surface area contributed by atoms with Crippen molar-refractivity contribution < 1.29 is 0 Å². The number of aromatic nitrogens is 5. The summed E-state index contributed by atoms with van der Waals surface area (Å²) in [6.45, 7) is 6.16. The third kappa shape index (κ3) is 3.28. The third-order valence-corrected chi connectivity index (χ3v) is 3.13. The van der Waals surface area contributed by atoms with Crippen molar-refractivity contribution in [3.63, 3.8) is 0 Å². The number of hydrogen-bond donors (Lipinski definition) is 1. The molecule has 0 saturated heterocycles. The average molecular weight is 325 g/mol. The van der Waals surface area contributed by atoms with Gasteiger partial charge in [-0.15, -0.1) is 10.2 Å². The molecule has 0 saturated carbocycles. The molecule has 0 aliphatic heterocycles. The van der Waals surface area contributed by atoms with E-state index in [1.807, 2.05) is 24.6 Å². The lowest BCUT2D eigenvalue weighted by Gasteiger charge is -2.15. The highest BCUT2D eigenvalue weighted by molar-refractivity contribution is 9.10. The van der Waals surface area contributed by atoms with Gasteiger partial charge >= 0.3 is 0 Å². The predicted molar refractivity (Wildman–Crippen MR) is 76.9 cm³/mol. The van der Waals surface area contributed by atoms with Crippen molar-refractivity contribution >= 4 is 21.7 Å². The van der Waals surface area contributed by atoms with Gasteiger partial charge in [0.05, 0.1) is 6.04 Å². The molecule has 0 amide bonds. The standard InChI is InChI=1S/C12H17BrN6/c1-7(2)11-16-9(13)5-10(17-11)15-8(3)12-18-14-6-19(12)4/h5-8H,1-4H3,(H,15,16,17). The minimum absolute atomic E-state index is 0.0225. The Bertz CT molecular complexity index is 565. The smallest absolute Gasteiger partial charge is 0.154 e. The third-order valence-electron chi connectivity index (χ3n) is 2.73. The molecule has 0 bridgehead atoms. The van der Waals surface area contributed by atoms with Crippen LogP contribution in [-0.2, 0) is 7.05 Å². The van der Waals surface area contributed by atoms with Crippen LogP contribution in [0.4, 0.5) is 5.82 Å². The molecule has 0 aliphatic carbocycles. The van der Waals surface area contributed by atoms with Crippen LogP contribution in [0.2, 0.25) is 0 Å². The average Bonchev–Trinajstić information content (AvgIpc) is 2.74. The summed E-state index contributed by atoms with van der Waals surface area (Å²) < 4.78 is 2.66. The summed E-state index contributed by atoms with van der Waals surface area (Å²) in [6.07, 6.45) is 1.68. The van der Waals surface area contributed by atoms with E-state index in [2.05, 4.69) is 55.3 Å². The monoisotopic (exact) mass is 324 g/mol. The van der Waals surface area contributed by atoms with Gasteiger partial charge in [0.25, 0.3) is 0 Å². The second-order valence-electron chi connectivity index (χ2n) is 4.75. The molecule has 1 unspecified atom stereocenters. The topological polar surface area (TPSA) is 68.5 Å². The summed E-state index contributed by atoms with van der Waals surface area (Å²) in [5.74, 6) is 2.73. The van der Waals surface area contributed by atoms with Gasteiger partial charge in [-0.1, -0.05) is 13.8 Å². The first-order valence-corrected chi connectivity index (χ1v) is 6.91. The molecule has 0 aromatic carbocycles. The van der Waals surface area contributed by atoms with Crippen LogP contribution in [0.1, 0.15) is 44.4 Å². The molecule has 2 aromatic rings. The zero-order chi connectivity index (χ0) is 14.0. The van der Waals surface area contributed by atoms with Gasteiger partial charge in [-0.25, -0.2) is 9.97 Å². The molecule has 0 aliphatic rings. The Hall–Kier alpha value is -1.50. The first-order chi connectivity index (χ1) is 8.97. The Labute approximate surface area is 120 Å². The van der Waals surface area contributed by atoms with Gasteiger partial charge < -0.3 is 9.88 Å². The summed E-state index contributed by atoms with van der Waals surface area (Å²) >= 11 is 3.41. The fourth-order valence-corrected chi connectivity index (χ4v) is 2.14. The van der Waals surface area contributed by atoms with Crippen LogP contribution in [-0.4, -0.2) is 24.7 Å². The lowest BCUT2D eigenvalue weighted by atomic mass is 10.2. The van der Waals surface area contributed by atoms with Crippen LogP contribution in [0.25, 0.3) is 0 Å². The Morgan fingerprint density at radius 1 is 1.26 bits per heavy atom. The fourth-order valence-electron chi connectivity index (χ4n) is 1.74. The largest absolute Gasteiger partial charge is 0.360 e. The van der Waals surface area contributed by atoms with Crippen molar-refractivity contribution in [1.82, 2.24) is 24.7 Å². The first kappa shape index (κ1) is 13.9. The molecule has 0 radical (unpaired) electrons. The maximum Gasteiger partial charge on any atom is 0.154 e. The molecule has 19 heavy (non-hydrogen) atoms. The maximum atomic E-state index is 4.50. The van der Waals surface area contributed by atoms with Crippen molar-refractivity contribution in [2.45, 2.75) is 32.7 Å². The van der Waals surface area contributed by atoms with E-state index < -0.39 is 0 Å². The molecule has 7 heteroatoms. The second kappa shape index (κ2) is 5.64. The van der Waals surface area contributed by atoms with Gasteiger partial charge in [-0.3, -0.25) is 0 Å². The summed E-state index contributed by atoms with van der Waals surface area (Å²) in [7, 11) is 1.92. The van der Waals surface area contributed by atoms with Crippen LogP contribution in [0.3, 0.4) is 0 Å². The number of hydrogen-bond acceptors (Lipinski definition) is 5. The fraction of sp³-hybridized carbons (Fsp3) is 0.500. The van der Waals surface area contributed by atoms with Gasteiger partial charge in [-0.05, 0) is 22.9 Å². The SMILES string of the molecule is CC(C)c1nc(Br)cc(NC(C)c2nncn2C)n1. The van der Waals surface area contributed by atoms with Gasteiger partial charge in [0.15, 0.2) is 5.82 Å². The van der Waals surface area contributed by atoms with E-state index in [4.69, 9.17) is 0 Å². The molecule has 2 aromatic heterocycles. The van der Waals surface area contributed by atoms with E-state index in [1.54, 1.807) is 6.33 Å². The predicted octanol–water partition coefficient (Wildman–Crippen LogP) is 2.66. The minimum Gasteiger partial charge on any atom is -0.360 e. The van der Waals surface area contributed by atoms with Gasteiger partial charge in [0.2, 0.25) is 0 Å². The molecular weight excluding hydrogens is 308 g/mol. The zero-order valence-electron chi connectivity index (χ0n) is 11.4. The summed E-state index contributed by atoms with van der Waals surface area (Å²) in [5.41, 5.74) is 0. The molecule has 2 rings (SSSR count). The van der Waals surface area contributed by atoms with E-state index in [-0.39, 0.29) is 12.0 Å². The highest BCUT2D eigenvalue weighted by atomic mass is 79.9. The van der Waals surface area contributed by atoms with Gasteiger partial charge in [0, 0.05) is 19.0 Å². The van der Waals surface area contributed by atoms with E-state index in [0.717, 1.165) is 22.1 Å². The number of halogens is 1. The zero-order valence-corrected chi connectivity index (χ0v) is 13.0. The van der Waals surface area contributed by atoms with Crippen molar-refractivity contribution in [3.8, 4) is 0 Å². The number of aryl methyl sites for hydroxylation is 1. The van der Waals surface area contributed by atoms with E-state index >= 15 is 0 Å². The molecule has 6 nitrogen and oxygen atoms in total. The highest BCUT2D eigenvalue weighted by Crippen LogP contribution is 2.20. The Morgan fingerprint density at radius 2 is 2.00 bits per heavy atom. The lowest BCUT2D eigenvalue weighted by Crippen LogP contribution is -2.14. The molecule has 0 spiro atoms. The quantitative estimate of drug-likeness (QED) is 0.875. The number of nitrogens with zero attached hydrogens (tertiary/aromatic N) is 5. The number of nitrogens with one attached hydrogen (secondary N) is 1. The van der Waals surface area contributed by atoms with Gasteiger partial charge in [0.1, 0.15) is 22.6 Å². The normalized spacial score (nSPS) is 12.7. The van der Waals surface area contributed by atoms with E-state index in [9.17, 15) is 0 Å². The van der Waals surface area contributed by atoms with Crippen LogP contribution in [0.5, 0.6) is 0 Å². The van der Waals surface area contributed by atoms with Crippen molar-refractivity contribution in [1.29, 1.82) is 0 Å². The Morgan fingerprint density at radius 3 is 2.58 bits per heavy atom. The lowest BCUT2D eigenvalue weighted by molar-refractivity contribution is 0.709. The van der Waals surface area contributed by atoms with Crippen LogP contribution < -0.4 is 5.32 Å².